The molecule has 1 aromatic carbocycles. The van der Waals surface area contributed by atoms with Crippen molar-refractivity contribution in [3.8, 4) is 0 Å². The highest BCUT2D eigenvalue weighted by Crippen LogP contribution is 2.17. The summed E-state index contributed by atoms with van der Waals surface area (Å²) >= 11 is 1.61. The standard InChI is InChI=1S/C14H15FN2OS/c1-2-9-5-6-19-13(9)8-17-14(18)10-3-4-12(16)11(15)7-10/h3-7H,2,8,16H2,1H3,(H,17,18). The molecule has 3 nitrogen and oxygen atoms in total. The summed E-state index contributed by atoms with van der Waals surface area (Å²) in [6, 6.07) is 6.12. The minimum absolute atomic E-state index is 0.0445. The quantitative estimate of drug-likeness (QED) is 0.845. The van der Waals surface area contributed by atoms with Crippen LogP contribution in [-0.4, -0.2) is 5.91 Å². The Hall–Kier alpha value is -1.88. The van der Waals surface area contributed by atoms with Crippen molar-refractivity contribution in [2.45, 2.75) is 19.9 Å². The largest absolute Gasteiger partial charge is 0.396 e. The zero-order valence-corrected chi connectivity index (χ0v) is 11.4. The van der Waals surface area contributed by atoms with Crippen LogP contribution in [0, 0.1) is 5.82 Å². The van der Waals surface area contributed by atoms with Gasteiger partial charge in [0.15, 0.2) is 0 Å². The van der Waals surface area contributed by atoms with Crippen LogP contribution < -0.4 is 11.1 Å². The molecule has 2 rings (SSSR count). The van der Waals surface area contributed by atoms with Crippen molar-refractivity contribution in [2.75, 3.05) is 5.73 Å². The lowest BCUT2D eigenvalue weighted by molar-refractivity contribution is 0.0951. The van der Waals surface area contributed by atoms with E-state index in [1.54, 1.807) is 11.3 Å². The fraction of sp³-hybridized carbons (Fsp3) is 0.214. The average Bonchev–Trinajstić information content (AvgIpc) is 2.86. The second-order valence-electron chi connectivity index (χ2n) is 4.14. The van der Waals surface area contributed by atoms with Gasteiger partial charge in [-0.3, -0.25) is 4.79 Å². The van der Waals surface area contributed by atoms with Crippen LogP contribution in [0.1, 0.15) is 27.7 Å². The summed E-state index contributed by atoms with van der Waals surface area (Å²) in [6.07, 6.45) is 0.936. The molecule has 1 heterocycles. The lowest BCUT2D eigenvalue weighted by Crippen LogP contribution is -2.23. The number of hydrogen-bond acceptors (Lipinski definition) is 3. The maximum absolute atomic E-state index is 13.3. The van der Waals surface area contributed by atoms with Crippen molar-refractivity contribution >= 4 is 22.9 Å². The van der Waals surface area contributed by atoms with Gasteiger partial charge in [-0.2, -0.15) is 0 Å². The molecular weight excluding hydrogens is 263 g/mol. The molecule has 0 bridgehead atoms. The number of carbonyl (C=O) groups excluding carboxylic acids is 1. The molecule has 0 aliphatic rings. The third kappa shape index (κ3) is 3.12. The number of aryl methyl sites for hydroxylation is 1. The molecular formula is C14H15FN2OS. The Bertz CT molecular complexity index is 595. The second-order valence-corrected chi connectivity index (χ2v) is 5.14. The number of rotatable bonds is 4. The van der Waals surface area contributed by atoms with Gasteiger partial charge < -0.3 is 11.1 Å². The smallest absolute Gasteiger partial charge is 0.251 e. The predicted octanol–water partition coefficient (Wildman–Crippen LogP) is 2.96. The van der Waals surface area contributed by atoms with E-state index in [9.17, 15) is 9.18 Å². The van der Waals surface area contributed by atoms with Crippen molar-refractivity contribution in [1.82, 2.24) is 5.32 Å². The summed E-state index contributed by atoms with van der Waals surface area (Å²) in [5.41, 5.74) is 6.93. The van der Waals surface area contributed by atoms with E-state index in [1.807, 2.05) is 5.38 Å². The number of carbonyl (C=O) groups is 1. The summed E-state index contributed by atoms with van der Waals surface area (Å²) in [6.45, 7) is 2.54. The molecule has 0 fully saturated rings. The van der Waals surface area contributed by atoms with Gasteiger partial charge in [-0.1, -0.05) is 6.92 Å². The van der Waals surface area contributed by atoms with E-state index in [0.717, 1.165) is 17.4 Å². The Labute approximate surface area is 115 Å². The van der Waals surface area contributed by atoms with Gasteiger partial charge in [0.1, 0.15) is 5.82 Å². The van der Waals surface area contributed by atoms with Crippen LogP contribution in [0.5, 0.6) is 0 Å². The SMILES string of the molecule is CCc1ccsc1CNC(=O)c1ccc(N)c(F)c1. The summed E-state index contributed by atoms with van der Waals surface area (Å²) in [5.74, 6) is -0.868. The third-order valence-electron chi connectivity index (χ3n) is 2.89. The molecule has 1 aromatic heterocycles. The molecule has 0 atom stereocenters. The van der Waals surface area contributed by atoms with E-state index >= 15 is 0 Å². The molecule has 0 spiro atoms. The van der Waals surface area contributed by atoms with Gasteiger partial charge in [0.25, 0.3) is 5.91 Å². The molecule has 19 heavy (non-hydrogen) atoms. The number of hydrogen-bond donors (Lipinski definition) is 2. The molecule has 0 aliphatic carbocycles. The number of nitrogens with two attached hydrogens (primary N) is 1. The van der Waals surface area contributed by atoms with Crippen molar-refractivity contribution in [1.29, 1.82) is 0 Å². The first kappa shape index (κ1) is 13.5. The van der Waals surface area contributed by atoms with Crippen LogP contribution in [0.3, 0.4) is 0 Å². The Morgan fingerprint density at radius 2 is 2.21 bits per heavy atom. The highest BCUT2D eigenvalue weighted by molar-refractivity contribution is 7.10. The summed E-state index contributed by atoms with van der Waals surface area (Å²) in [5, 5.41) is 4.79. The summed E-state index contributed by atoms with van der Waals surface area (Å²) in [7, 11) is 0. The highest BCUT2D eigenvalue weighted by atomic mass is 32.1. The monoisotopic (exact) mass is 278 g/mol. The molecule has 0 radical (unpaired) electrons. The normalized spacial score (nSPS) is 10.4. The molecule has 5 heteroatoms. The van der Waals surface area contributed by atoms with Crippen LogP contribution >= 0.6 is 11.3 Å². The van der Waals surface area contributed by atoms with E-state index in [4.69, 9.17) is 5.73 Å². The van der Waals surface area contributed by atoms with Gasteiger partial charge in [-0.25, -0.2) is 4.39 Å². The molecule has 0 saturated heterocycles. The van der Waals surface area contributed by atoms with Gasteiger partial charge >= 0.3 is 0 Å². The average molecular weight is 278 g/mol. The molecule has 0 aliphatic heterocycles. The number of amides is 1. The van der Waals surface area contributed by atoms with Crippen LogP contribution in [0.4, 0.5) is 10.1 Å². The van der Waals surface area contributed by atoms with Gasteiger partial charge in [0.05, 0.1) is 12.2 Å². The van der Waals surface area contributed by atoms with Crippen molar-refractivity contribution < 1.29 is 9.18 Å². The molecule has 2 aromatic rings. The first-order valence-electron chi connectivity index (χ1n) is 6.00. The third-order valence-corrected chi connectivity index (χ3v) is 3.85. The summed E-state index contributed by atoms with van der Waals surface area (Å²) < 4.78 is 13.3. The zero-order chi connectivity index (χ0) is 13.8. The minimum atomic E-state index is -0.571. The molecule has 3 N–H and O–H groups in total. The Morgan fingerprint density at radius 1 is 1.42 bits per heavy atom. The van der Waals surface area contributed by atoms with Gasteiger partial charge in [-0.15, -0.1) is 11.3 Å². The Balaban J connectivity index is 2.03. The van der Waals surface area contributed by atoms with Crippen molar-refractivity contribution in [3.63, 3.8) is 0 Å². The molecule has 1 amide bonds. The number of nitrogens with one attached hydrogen (secondary N) is 1. The first-order chi connectivity index (χ1) is 9.11. The van der Waals surface area contributed by atoms with Gasteiger partial charge in [-0.05, 0) is 41.6 Å². The topological polar surface area (TPSA) is 55.1 Å². The van der Waals surface area contributed by atoms with Crippen LogP contribution in [0.2, 0.25) is 0 Å². The Morgan fingerprint density at radius 3 is 2.89 bits per heavy atom. The minimum Gasteiger partial charge on any atom is -0.396 e. The maximum Gasteiger partial charge on any atom is 0.251 e. The fourth-order valence-electron chi connectivity index (χ4n) is 1.77. The molecule has 0 unspecified atom stereocenters. The van der Waals surface area contributed by atoms with Gasteiger partial charge in [0, 0.05) is 10.4 Å². The summed E-state index contributed by atoms with van der Waals surface area (Å²) in [4.78, 5) is 13.0. The van der Waals surface area contributed by atoms with E-state index < -0.39 is 5.82 Å². The van der Waals surface area contributed by atoms with Crippen LogP contribution in [-0.2, 0) is 13.0 Å². The number of halogens is 1. The van der Waals surface area contributed by atoms with E-state index in [-0.39, 0.29) is 17.2 Å². The molecule has 100 valence electrons. The lowest BCUT2D eigenvalue weighted by Gasteiger charge is -2.06. The maximum atomic E-state index is 13.3. The van der Waals surface area contributed by atoms with Gasteiger partial charge in [0.2, 0.25) is 0 Å². The Kier molecular flexibility index (Phi) is 4.16. The predicted molar refractivity (Wildman–Crippen MR) is 75.7 cm³/mol. The number of thiophene rings is 1. The highest BCUT2D eigenvalue weighted by Gasteiger charge is 2.09. The fourth-order valence-corrected chi connectivity index (χ4v) is 2.68. The van der Waals surface area contributed by atoms with E-state index in [0.29, 0.717) is 6.54 Å². The zero-order valence-electron chi connectivity index (χ0n) is 10.6. The van der Waals surface area contributed by atoms with Crippen molar-refractivity contribution in [2.24, 2.45) is 0 Å². The van der Waals surface area contributed by atoms with Crippen molar-refractivity contribution in [3.05, 3.63) is 51.5 Å². The van der Waals surface area contributed by atoms with Crippen LogP contribution in [0.15, 0.2) is 29.6 Å². The number of benzene rings is 1. The molecule has 0 saturated carbocycles. The number of anilines is 1. The second kappa shape index (κ2) is 5.84. The first-order valence-corrected chi connectivity index (χ1v) is 6.88. The van der Waals surface area contributed by atoms with Crippen LogP contribution in [0.25, 0.3) is 0 Å². The number of nitrogen functional groups attached to an aromatic ring is 1. The van der Waals surface area contributed by atoms with E-state index in [1.165, 1.54) is 17.7 Å². The lowest BCUT2D eigenvalue weighted by atomic mass is 10.1. The van der Waals surface area contributed by atoms with E-state index in [2.05, 4.69) is 18.3 Å².